The standard InChI is InChI=1S/C10H9ClF2N6S/c1-3-18-6(4-5(2)16-18)7-17-19-8(10(11,12)13)14-15-9(19)20-7/h4H,3H2,1-2H3. The molecule has 0 saturated heterocycles. The number of alkyl halides is 3. The molecule has 0 aromatic carbocycles. The minimum Gasteiger partial charge on any atom is -0.262 e. The second kappa shape index (κ2) is 4.45. The molecule has 0 unspecified atom stereocenters. The van der Waals surface area contributed by atoms with Crippen LogP contribution in [0.25, 0.3) is 15.7 Å². The molecule has 0 fully saturated rings. The largest absolute Gasteiger partial charge is 0.383 e. The highest BCUT2D eigenvalue weighted by molar-refractivity contribution is 7.19. The zero-order valence-electron chi connectivity index (χ0n) is 10.5. The number of hydrogen-bond donors (Lipinski definition) is 0. The quantitative estimate of drug-likeness (QED) is 0.697. The molecular formula is C10H9ClF2N6S. The molecule has 0 spiro atoms. The highest BCUT2D eigenvalue weighted by Gasteiger charge is 2.35. The molecule has 3 aromatic heterocycles. The van der Waals surface area contributed by atoms with Crippen LogP contribution in [0.15, 0.2) is 6.07 Å². The lowest BCUT2D eigenvalue weighted by molar-refractivity contribution is 0.0821. The summed E-state index contributed by atoms with van der Waals surface area (Å²) in [7, 11) is 0. The molecule has 0 radical (unpaired) electrons. The van der Waals surface area contributed by atoms with Crippen molar-refractivity contribution in [3.05, 3.63) is 17.6 Å². The summed E-state index contributed by atoms with van der Waals surface area (Å²) in [5, 5.41) is 12.4. The third-order valence-corrected chi connectivity index (χ3v) is 3.76. The number of nitrogens with zero attached hydrogens (tertiary/aromatic N) is 6. The van der Waals surface area contributed by atoms with E-state index in [2.05, 4.69) is 20.4 Å². The summed E-state index contributed by atoms with van der Waals surface area (Å²) >= 11 is 6.14. The van der Waals surface area contributed by atoms with E-state index in [-0.39, 0.29) is 4.96 Å². The maximum atomic E-state index is 13.2. The van der Waals surface area contributed by atoms with Gasteiger partial charge in [-0.15, -0.1) is 10.2 Å². The fourth-order valence-corrected chi connectivity index (χ4v) is 2.83. The Morgan fingerprint density at radius 1 is 1.35 bits per heavy atom. The van der Waals surface area contributed by atoms with Crippen LogP contribution in [0.2, 0.25) is 0 Å². The van der Waals surface area contributed by atoms with Gasteiger partial charge in [0.1, 0.15) is 0 Å². The normalized spacial score (nSPS) is 12.4. The van der Waals surface area contributed by atoms with Gasteiger partial charge >= 0.3 is 5.38 Å². The van der Waals surface area contributed by atoms with E-state index < -0.39 is 11.2 Å². The molecular weight excluding hydrogens is 310 g/mol. The van der Waals surface area contributed by atoms with Crippen LogP contribution in [0, 0.1) is 6.92 Å². The Bertz CT molecular complexity index is 770. The van der Waals surface area contributed by atoms with Crippen molar-refractivity contribution in [1.29, 1.82) is 0 Å². The molecule has 0 aliphatic heterocycles. The molecule has 0 bridgehead atoms. The maximum Gasteiger partial charge on any atom is 0.383 e. The fourth-order valence-electron chi connectivity index (χ4n) is 1.86. The van der Waals surface area contributed by atoms with Crippen molar-refractivity contribution in [2.24, 2.45) is 0 Å². The summed E-state index contributed by atoms with van der Waals surface area (Å²) in [4.78, 5) is 0.261. The summed E-state index contributed by atoms with van der Waals surface area (Å²) in [5.41, 5.74) is 1.58. The summed E-state index contributed by atoms with van der Waals surface area (Å²) < 4.78 is 29.1. The lowest BCUT2D eigenvalue weighted by Gasteiger charge is -2.02. The zero-order chi connectivity index (χ0) is 14.5. The van der Waals surface area contributed by atoms with Gasteiger partial charge in [0.2, 0.25) is 10.8 Å². The van der Waals surface area contributed by atoms with E-state index in [9.17, 15) is 8.78 Å². The van der Waals surface area contributed by atoms with Gasteiger partial charge in [-0.3, -0.25) is 4.68 Å². The number of aryl methyl sites for hydroxylation is 2. The Morgan fingerprint density at radius 3 is 2.75 bits per heavy atom. The SMILES string of the molecule is CCn1nc(C)cc1-c1nn2c(C(F)(F)Cl)nnc2s1. The predicted molar refractivity (Wildman–Crippen MR) is 70.0 cm³/mol. The summed E-state index contributed by atoms with van der Waals surface area (Å²) in [6, 6.07) is 1.84. The van der Waals surface area contributed by atoms with E-state index in [4.69, 9.17) is 11.6 Å². The number of hydrogen-bond acceptors (Lipinski definition) is 5. The second-order valence-corrected chi connectivity index (χ2v) is 5.54. The summed E-state index contributed by atoms with van der Waals surface area (Å²) in [6.45, 7) is 4.45. The van der Waals surface area contributed by atoms with Crippen LogP contribution in [0.3, 0.4) is 0 Å². The lowest BCUT2D eigenvalue weighted by atomic mass is 10.4. The van der Waals surface area contributed by atoms with Crippen molar-refractivity contribution in [2.45, 2.75) is 25.8 Å². The van der Waals surface area contributed by atoms with Crippen molar-refractivity contribution in [3.8, 4) is 10.7 Å². The molecule has 0 saturated carbocycles. The molecule has 3 rings (SSSR count). The van der Waals surface area contributed by atoms with E-state index in [0.717, 1.165) is 27.2 Å². The molecule has 0 aliphatic carbocycles. The molecule has 10 heteroatoms. The number of aromatic nitrogens is 6. The highest BCUT2D eigenvalue weighted by atomic mass is 35.5. The van der Waals surface area contributed by atoms with Crippen molar-refractivity contribution >= 4 is 27.9 Å². The van der Waals surface area contributed by atoms with Gasteiger partial charge in [-0.05, 0) is 31.5 Å². The van der Waals surface area contributed by atoms with Gasteiger partial charge in [-0.25, -0.2) is 0 Å². The number of rotatable bonds is 3. The molecule has 6 nitrogen and oxygen atoms in total. The first-order valence-electron chi connectivity index (χ1n) is 5.74. The van der Waals surface area contributed by atoms with E-state index in [0.29, 0.717) is 11.6 Å². The van der Waals surface area contributed by atoms with E-state index in [1.165, 1.54) is 0 Å². The first-order chi connectivity index (χ1) is 9.40. The topological polar surface area (TPSA) is 60.9 Å². The smallest absolute Gasteiger partial charge is 0.262 e. The molecule has 0 aliphatic rings. The third-order valence-electron chi connectivity index (χ3n) is 2.67. The number of fused-ring (bicyclic) bond motifs is 1. The Kier molecular flexibility index (Phi) is 2.98. The molecule has 3 aromatic rings. The Labute approximate surface area is 121 Å². The lowest BCUT2D eigenvalue weighted by Crippen LogP contribution is -2.10. The fraction of sp³-hybridized carbons (Fsp3) is 0.400. The van der Waals surface area contributed by atoms with Crippen LogP contribution in [-0.4, -0.2) is 29.6 Å². The first kappa shape index (κ1) is 13.4. The highest BCUT2D eigenvalue weighted by Crippen LogP contribution is 2.33. The van der Waals surface area contributed by atoms with Crippen LogP contribution in [0.4, 0.5) is 8.78 Å². The van der Waals surface area contributed by atoms with Crippen LogP contribution in [-0.2, 0) is 11.9 Å². The van der Waals surface area contributed by atoms with Gasteiger partial charge in [0.05, 0.1) is 11.4 Å². The van der Waals surface area contributed by atoms with Gasteiger partial charge in [-0.1, -0.05) is 11.3 Å². The van der Waals surface area contributed by atoms with Crippen LogP contribution in [0.1, 0.15) is 18.4 Å². The average Bonchev–Trinajstić information content (AvgIpc) is 2.98. The minimum absolute atomic E-state index is 0.261. The van der Waals surface area contributed by atoms with E-state index in [1.54, 1.807) is 4.68 Å². The monoisotopic (exact) mass is 318 g/mol. The van der Waals surface area contributed by atoms with Gasteiger partial charge < -0.3 is 0 Å². The van der Waals surface area contributed by atoms with Crippen molar-refractivity contribution < 1.29 is 8.78 Å². The van der Waals surface area contributed by atoms with Crippen molar-refractivity contribution in [2.75, 3.05) is 0 Å². The Morgan fingerprint density at radius 2 is 2.10 bits per heavy atom. The summed E-state index contributed by atoms with van der Waals surface area (Å²) in [5.74, 6) is -0.684. The molecule has 0 atom stereocenters. The van der Waals surface area contributed by atoms with Gasteiger partial charge in [-0.2, -0.15) is 23.5 Å². The summed E-state index contributed by atoms with van der Waals surface area (Å²) in [6.07, 6.45) is 0. The second-order valence-electron chi connectivity index (χ2n) is 4.11. The molecule has 0 amide bonds. The zero-order valence-corrected chi connectivity index (χ0v) is 12.1. The van der Waals surface area contributed by atoms with Crippen LogP contribution in [0.5, 0.6) is 0 Å². The van der Waals surface area contributed by atoms with Gasteiger partial charge in [0.25, 0.3) is 0 Å². The van der Waals surface area contributed by atoms with Crippen LogP contribution < -0.4 is 0 Å². The van der Waals surface area contributed by atoms with Crippen LogP contribution >= 0.6 is 22.9 Å². The number of halogens is 3. The van der Waals surface area contributed by atoms with E-state index >= 15 is 0 Å². The average molecular weight is 319 g/mol. The predicted octanol–water partition coefficient (Wildman–Crippen LogP) is 2.67. The Hall–Kier alpha value is -1.61. The molecule has 3 heterocycles. The molecule has 106 valence electrons. The minimum atomic E-state index is -3.61. The van der Waals surface area contributed by atoms with Gasteiger partial charge in [0, 0.05) is 6.54 Å². The first-order valence-corrected chi connectivity index (χ1v) is 6.94. The Balaban J connectivity index is 2.16. The molecule has 0 N–H and O–H groups in total. The van der Waals surface area contributed by atoms with Crippen molar-refractivity contribution in [1.82, 2.24) is 29.6 Å². The van der Waals surface area contributed by atoms with Gasteiger partial charge in [0.15, 0.2) is 5.01 Å². The molecule has 20 heavy (non-hydrogen) atoms. The van der Waals surface area contributed by atoms with Crippen molar-refractivity contribution in [3.63, 3.8) is 0 Å². The maximum absolute atomic E-state index is 13.2. The third kappa shape index (κ3) is 2.06. The van der Waals surface area contributed by atoms with E-state index in [1.807, 2.05) is 19.9 Å².